The van der Waals surface area contributed by atoms with Crippen molar-refractivity contribution in [1.29, 1.82) is 5.26 Å². The molecule has 3 rings (SSSR count). The van der Waals surface area contributed by atoms with Gasteiger partial charge in [0, 0.05) is 27.5 Å². The number of nitriles is 1. The number of allylic oxidation sites excluding steroid dienone is 1. The van der Waals surface area contributed by atoms with Gasteiger partial charge in [0.2, 0.25) is 5.78 Å². The van der Waals surface area contributed by atoms with Crippen molar-refractivity contribution in [3.8, 4) is 16.5 Å². The first-order valence-corrected chi connectivity index (χ1v) is 8.46. The Kier molecular flexibility index (Phi) is 5.02. The maximum Gasteiger partial charge on any atom is 0.270 e. The van der Waals surface area contributed by atoms with Crippen molar-refractivity contribution in [3.05, 3.63) is 92.9 Å². The molecule has 0 atom stereocenters. The van der Waals surface area contributed by atoms with E-state index in [1.807, 2.05) is 12.1 Å². The van der Waals surface area contributed by atoms with E-state index in [0.717, 1.165) is 15.3 Å². The Labute approximate surface area is 153 Å². The van der Waals surface area contributed by atoms with Crippen LogP contribution in [0, 0.1) is 21.4 Å². The van der Waals surface area contributed by atoms with Gasteiger partial charge < -0.3 is 0 Å². The van der Waals surface area contributed by atoms with Crippen LogP contribution >= 0.6 is 11.3 Å². The zero-order valence-electron chi connectivity index (χ0n) is 13.5. The van der Waals surface area contributed by atoms with Crippen LogP contribution in [0.15, 0.2) is 72.3 Å². The molecular formula is C20H12N2O3S. The Hall–Kier alpha value is -3.56. The molecule has 0 saturated carbocycles. The maximum atomic E-state index is 12.4. The normalized spacial score (nSPS) is 11.0. The van der Waals surface area contributed by atoms with Crippen molar-refractivity contribution in [3.63, 3.8) is 0 Å². The average molecular weight is 360 g/mol. The number of Topliss-reactive ketones (excluding diaryl/α,β-unsaturated/α-hetero) is 1. The molecule has 0 amide bonds. The first kappa shape index (κ1) is 17.3. The van der Waals surface area contributed by atoms with E-state index in [9.17, 15) is 20.2 Å². The predicted octanol–water partition coefficient (Wildman–Crippen LogP) is 5.11. The molecule has 0 N–H and O–H groups in total. The molecule has 0 fully saturated rings. The van der Waals surface area contributed by atoms with Gasteiger partial charge in [-0.25, -0.2) is 0 Å². The molecule has 5 nitrogen and oxygen atoms in total. The second-order valence-electron chi connectivity index (χ2n) is 5.37. The SMILES string of the molecule is N#CC(=Cc1ccc(-c2cccc([N+](=O)[O-])c2)s1)C(=O)c1ccccc1. The summed E-state index contributed by atoms with van der Waals surface area (Å²) in [6.07, 6.45) is 1.54. The van der Waals surface area contributed by atoms with Crippen molar-refractivity contribution in [1.82, 2.24) is 0 Å². The Morgan fingerprint density at radius 1 is 1.08 bits per heavy atom. The number of hydrogen-bond acceptors (Lipinski definition) is 5. The van der Waals surface area contributed by atoms with Crippen molar-refractivity contribution in [2.75, 3.05) is 0 Å². The Morgan fingerprint density at radius 3 is 2.54 bits per heavy atom. The van der Waals surface area contributed by atoms with Crippen LogP contribution < -0.4 is 0 Å². The van der Waals surface area contributed by atoms with Crippen molar-refractivity contribution >= 4 is 28.9 Å². The molecule has 126 valence electrons. The van der Waals surface area contributed by atoms with Crippen LogP contribution in [0.4, 0.5) is 5.69 Å². The lowest BCUT2D eigenvalue weighted by molar-refractivity contribution is -0.384. The smallest absolute Gasteiger partial charge is 0.270 e. The molecule has 1 heterocycles. The van der Waals surface area contributed by atoms with Gasteiger partial charge in [0.1, 0.15) is 11.6 Å². The predicted molar refractivity (Wildman–Crippen MR) is 101 cm³/mol. The van der Waals surface area contributed by atoms with Gasteiger partial charge in [0.25, 0.3) is 5.69 Å². The number of rotatable bonds is 5. The second kappa shape index (κ2) is 7.55. The van der Waals surface area contributed by atoms with Gasteiger partial charge in [-0.15, -0.1) is 11.3 Å². The highest BCUT2D eigenvalue weighted by atomic mass is 32.1. The number of benzene rings is 2. The zero-order valence-corrected chi connectivity index (χ0v) is 14.3. The van der Waals surface area contributed by atoms with E-state index in [-0.39, 0.29) is 17.0 Å². The van der Waals surface area contributed by atoms with E-state index in [0.29, 0.717) is 5.56 Å². The van der Waals surface area contributed by atoms with Gasteiger partial charge in [0.15, 0.2) is 0 Å². The summed E-state index contributed by atoms with van der Waals surface area (Å²) in [5.74, 6) is -0.335. The number of hydrogen-bond donors (Lipinski definition) is 0. The molecule has 0 bridgehead atoms. The van der Waals surface area contributed by atoms with Gasteiger partial charge in [-0.3, -0.25) is 14.9 Å². The molecule has 0 aliphatic heterocycles. The molecule has 0 aliphatic carbocycles. The number of carbonyl (C=O) groups excluding carboxylic acids is 1. The molecule has 0 spiro atoms. The summed E-state index contributed by atoms with van der Waals surface area (Å²) in [7, 11) is 0. The lowest BCUT2D eigenvalue weighted by Gasteiger charge is -1.98. The number of nitro groups is 1. The van der Waals surface area contributed by atoms with Crippen molar-refractivity contribution < 1.29 is 9.72 Å². The fraction of sp³-hybridized carbons (Fsp3) is 0. The molecule has 6 heteroatoms. The maximum absolute atomic E-state index is 12.4. The molecule has 2 aromatic carbocycles. The summed E-state index contributed by atoms with van der Waals surface area (Å²) < 4.78 is 0. The summed E-state index contributed by atoms with van der Waals surface area (Å²) >= 11 is 1.36. The third kappa shape index (κ3) is 3.74. The summed E-state index contributed by atoms with van der Waals surface area (Å²) in [5, 5.41) is 20.2. The molecule has 3 aromatic rings. The summed E-state index contributed by atoms with van der Waals surface area (Å²) in [6.45, 7) is 0. The number of non-ortho nitro benzene ring substituents is 1. The van der Waals surface area contributed by atoms with Gasteiger partial charge >= 0.3 is 0 Å². The van der Waals surface area contributed by atoms with Gasteiger partial charge in [-0.1, -0.05) is 42.5 Å². The van der Waals surface area contributed by atoms with E-state index in [4.69, 9.17) is 0 Å². The minimum Gasteiger partial charge on any atom is -0.288 e. The van der Waals surface area contributed by atoms with Crippen molar-refractivity contribution in [2.24, 2.45) is 0 Å². The van der Waals surface area contributed by atoms with E-state index in [1.165, 1.54) is 23.5 Å². The van der Waals surface area contributed by atoms with E-state index in [2.05, 4.69) is 0 Å². The number of thiophene rings is 1. The molecule has 0 unspecified atom stereocenters. The largest absolute Gasteiger partial charge is 0.288 e. The second-order valence-corrected chi connectivity index (χ2v) is 6.49. The molecule has 1 aromatic heterocycles. The number of nitrogens with zero attached hydrogens (tertiary/aromatic N) is 2. The van der Waals surface area contributed by atoms with E-state index < -0.39 is 4.92 Å². The van der Waals surface area contributed by atoms with E-state index in [1.54, 1.807) is 54.6 Å². The summed E-state index contributed by atoms with van der Waals surface area (Å²) in [4.78, 5) is 24.4. The zero-order chi connectivity index (χ0) is 18.5. The molecule has 0 radical (unpaired) electrons. The van der Waals surface area contributed by atoms with Gasteiger partial charge in [-0.2, -0.15) is 5.26 Å². The van der Waals surface area contributed by atoms with Gasteiger partial charge in [0.05, 0.1) is 4.92 Å². The third-order valence-corrected chi connectivity index (χ3v) is 4.74. The monoisotopic (exact) mass is 360 g/mol. The van der Waals surface area contributed by atoms with Crippen LogP contribution in [0.25, 0.3) is 16.5 Å². The Morgan fingerprint density at radius 2 is 1.85 bits per heavy atom. The quantitative estimate of drug-likeness (QED) is 0.208. The molecule has 0 aliphatic rings. The highest BCUT2D eigenvalue weighted by Crippen LogP contribution is 2.31. The van der Waals surface area contributed by atoms with Crippen LogP contribution in [0.2, 0.25) is 0 Å². The van der Waals surface area contributed by atoms with Gasteiger partial charge in [-0.05, 0) is 23.8 Å². The van der Waals surface area contributed by atoms with Crippen LogP contribution in [0.3, 0.4) is 0 Å². The minimum absolute atomic E-state index is 0.0185. The molecular weight excluding hydrogens is 348 g/mol. The summed E-state index contributed by atoms with van der Waals surface area (Å²) in [5.41, 5.74) is 1.24. The third-order valence-electron chi connectivity index (χ3n) is 3.66. The highest BCUT2D eigenvalue weighted by Gasteiger charge is 2.13. The number of nitro benzene ring substituents is 1. The van der Waals surface area contributed by atoms with Crippen LogP contribution in [0.5, 0.6) is 0 Å². The minimum atomic E-state index is -0.440. The average Bonchev–Trinajstić information content (AvgIpc) is 3.15. The fourth-order valence-electron chi connectivity index (χ4n) is 2.39. The standard InChI is InChI=1S/C20H12N2O3S/c21-13-16(20(23)14-5-2-1-3-6-14)12-18-9-10-19(26-18)15-7-4-8-17(11-15)22(24)25/h1-12H. The topological polar surface area (TPSA) is 84.0 Å². The lowest BCUT2D eigenvalue weighted by atomic mass is 10.0. The number of carbonyl (C=O) groups is 1. The molecule has 26 heavy (non-hydrogen) atoms. The summed E-state index contributed by atoms with van der Waals surface area (Å²) in [6, 6.07) is 20.5. The Balaban J connectivity index is 1.90. The first-order chi connectivity index (χ1) is 12.6. The van der Waals surface area contributed by atoms with Crippen LogP contribution in [0.1, 0.15) is 15.2 Å². The fourth-order valence-corrected chi connectivity index (χ4v) is 3.34. The highest BCUT2D eigenvalue weighted by molar-refractivity contribution is 7.16. The Bertz CT molecular complexity index is 1050. The number of ketones is 1. The lowest BCUT2D eigenvalue weighted by Crippen LogP contribution is -2.01. The van der Waals surface area contributed by atoms with Crippen LogP contribution in [-0.2, 0) is 0 Å². The van der Waals surface area contributed by atoms with E-state index >= 15 is 0 Å². The van der Waals surface area contributed by atoms with Crippen LogP contribution in [-0.4, -0.2) is 10.7 Å². The first-order valence-electron chi connectivity index (χ1n) is 7.64. The molecule has 0 saturated heterocycles. The van der Waals surface area contributed by atoms with Crippen molar-refractivity contribution in [2.45, 2.75) is 0 Å².